The Hall–Kier alpha value is -3.49. The molecule has 7 nitrogen and oxygen atoms in total. The lowest BCUT2D eigenvalue weighted by Gasteiger charge is -2.19. The van der Waals surface area contributed by atoms with E-state index in [1.807, 2.05) is 50.2 Å². The first-order valence-electron chi connectivity index (χ1n) is 12.2. The van der Waals surface area contributed by atoms with Crippen LogP contribution in [0.25, 0.3) is 16.7 Å². The zero-order valence-electron chi connectivity index (χ0n) is 20.4. The first-order valence-corrected chi connectivity index (χ1v) is 13.0. The standard InChI is InChI=1S/C28H29N5O2S/c1-19-12-13-25(29-16-19)33-27(35)23-10-6-7-11-24(23)31-28(33)36-20(2)26(34)30-22-14-15-32(18-22)17-21-8-4-3-5-9-21/h3-13,16,20,22H,14-15,17-18H2,1-2H3,(H,30,34). The van der Waals surface area contributed by atoms with E-state index in [4.69, 9.17) is 4.98 Å². The molecule has 2 aromatic heterocycles. The third kappa shape index (κ3) is 5.34. The minimum absolute atomic E-state index is 0.0580. The Balaban J connectivity index is 1.32. The number of aryl methyl sites for hydroxylation is 1. The van der Waals surface area contributed by atoms with Gasteiger partial charge in [0, 0.05) is 31.9 Å². The van der Waals surface area contributed by atoms with E-state index in [2.05, 4.69) is 39.5 Å². The number of carbonyl (C=O) groups is 1. The number of nitrogens with one attached hydrogen (secondary N) is 1. The van der Waals surface area contributed by atoms with Gasteiger partial charge in [-0.2, -0.15) is 0 Å². The third-order valence-corrected chi connectivity index (χ3v) is 7.44. The molecule has 1 fully saturated rings. The molecule has 2 unspecified atom stereocenters. The lowest BCUT2D eigenvalue weighted by atomic mass is 10.2. The first-order chi connectivity index (χ1) is 17.5. The van der Waals surface area contributed by atoms with E-state index in [1.54, 1.807) is 12.3 Å². The van der Waals surface area contributed by atoms with Crippen LogP contribution in [0, 0.1) is 6.92 Å². The number of rotatable bonds is 7. The van der Waals surface area contributed by atoms with Gasteiger partial charge in [0.15, 0.2) is 5.16 Å². The summed E-state index contributed by atoms with van der Waals surface area (Å²) in [5.74, 6) is 0.434. The summed E-state index contributed by atoms with van der Waals surface area (Å²) in [4.78, 5) is 38.1. The molecule has 1 aliphatic heterocycles. The van der Waals surface area contributed by atoms with Crippen molar-refractivity contribution >= 4 is 28.6 Å². The Bertz CT molecular complexity index is 1420. The van der Waals surface area contributed by atoms with Crippen molar-refractivity contribution in [1.82, 2.24) is 24.8 Å². The molecule has 1 saturated heterocycles. The van der Waals surface area contributed by atoms with E-state index in [0.717, 1.165) is 31.6 Å². The molecule has 0 saturated carbocycles. The fraction of sp³-hybridized carbons (Fsp3) is 0.286. The molecule has 4 aromatic rings. The van der Waals surface area contributed by atoms with Crippen molar-refractivity contribution < 1.29 is 4.79 Å². The molecule has 0 bridgehead atoms. The number of para-hydroxylation sites is 1. The van der Waals surface area contributed by atoms with Crippen LogP contribution >= 0.6 is 11.8 Å². The molecule has 36 heavy (non-hydrogen) atoms. The van der Waals surface area contributed by atoms with Crippen LogP contribution < -0.4 is 10.9 Å². The van der Waals surface area contributed by atoms with Crippen molar-refractivity contribution in [2.45, 2.75) is 43.3 Å². The Morgan fingerprint density at radius 1 is 1.11 bits per heavy atom. The van der Waals surface area contributed by atoms with Gasteiger partial charge in [-0.1, -0.05) is 60.3 Å². The van der Waals surface area contributed by atoms with Crippen LogP contribution in [0.5, 0.6) is 0 Å². The fourth-order valence-electron chi connectivity index (χ4n) is 4.45. The van der Waals surface area contributed by atoms with Crippen molar-refractivity contribution in [2.75, 3.05) is 13.1 Å². The Kier molecular flexibility index (Phi) is 7.16. The summed E-state index contributed by atoms with van der Waals surface area (Å²) >= 11 is 1.28. The number of nitrogens with zero attached hydrogens (tertiary/aromatic N) is 4. The molecule has 0 aliphatic carbocycles. The SMILES string of the molecule is Cc1ccc(-n2c(SC(C)C(=O)NC3CCN(Cc4ccccc4)C3)nc3ccccc3c2=O)nc1. The maximum Gasteiger partial charge on any atom is 0.267 e. The normalized spacial score (nSPS) is 16.8. The largest absolute Gasteiger partial charge is 0.351 e. The molecule has 0 spiro atoms. The van der Waals surface area contributed by atoms with Crippen molar-refractivity contribution in [3.05, 3.63) is 94.4 Å². The average Bonchev–Trinajstić information content (AvgIpc) is 3.32. The number of aromatic nitrogens is 3. The highest BCUT2D eigenvalue weighted by atomic mass is 32.2. The van der Waals surface area contributed by atoms with Gasteiger partial charge in [-0.05, 0) is 49.6 Å². The van der Waals surface area contributed by atoms with E-state index < -0.39 is 5.25 Å². The zero-order valence-corrected chi connectivity index (χ0v) is 21.2. The number of benzene rings is 2. The molecule has 8 heteroatoms. The number of hydrogen-bond donors (Lipinski definition) is 1. The van der Waals surface area contributed by atoms with Crippen LogP contribution in [-0.2, 0) is 11.3 Å². The summed E-state index contributed by atoms with van der Waals surface area (Å²) in [5.41, 5.74) is 2.69. The number of pyridine rings is 1. The molecular formula is C28H29N5O2S. The molecule has 1 aliphatic rings. The summed E-state index contributed by atoms with van der Waals surface area (Å²) < 4.78 is 1.51. The number of fused-ring (bicyclic) bond motifs is 1. The number of amides is 1. The van der Waals surface area contributed by atoms with Crippen LogP contribution in [0.15, 0.2) is 82.9 Å². The second kappa shape index (κ2) is 10.6. The maximum absolute atomic E-state index is 13.4. The number of hydrogen-bond acceptors (Lipinski definition) is 6. The number of thioether (sulfide) groups is 1. The summed E-state index contributed by atoms with van der Waals surface area (Å²) in [5, 5.41) is 3.74. The summed E-state index contributed by atoms with van der Waals surface area (Å²) in [6, 6.07) is 21.5. The van der Waals surface area contributed by atoms with Gasteiger partial charge >= 0.3 is 0 Å². The minimum atomic E-state index is -0.432. The molecule has 5 rings (SSSR count). The Labute approximate surface area is 214 Å². The van der Waals surface area contributed by atoms with Gasteiger partial charge in [0.05, 0.1) is 16.2 Å². The highest BCUT2D eigenvalue weighted by Crippen LogP contribution is 2.25. The van der Waals surface area contributed by atoms with Crippen molar-refractivity contribution in [3.63, 3.8) is 0 Å². The predicted molar refractivity (Wildman–Crippen MR) is 143 cm³/mol. The molecule has 0 radical (unpaired) electrons. The summed E-state index contributed by atoms with van der Waals surface area (Å²) in [6.07, 6.45) is 2.64. The van der Waals surface area contributed by atoms with Gasteiger partial charge in [-0.15, -0.1) is 0 Å². The van der Waals surface area contributed by atoms with Gasteiger partial charge in [0.1, 0.15) is 5.82 Å². The number of carbonyl (C=O) groups excluding carboxylic acids is 1. The van der Waals surface area contributed by atoms with E-state index in [-0.39, 0.29) is 17.5 Å². The van der Waals surface area contributed by atoms with Crippen LogP contribution in [0.1, 0.15) is 24.5 Å². The van der Waals surface area contributed by atoms with E-state index in [9.17, 15) is 9.59 Å². The molecule has 184 valence electrons. The van der Waals surface area contributed by atoms with E-state index in [0.29, 0.717) is 21.9 Å². The quantitative estimate of drug-likeness (QED) is 0.306. The van der Waals surface area contributed by atoms with Crippen molar-refractivity contribution in [1.29, 1.82) is 0 Å². The summed E-state index contributed by atoms with van der Waals surface area (Å²) in [7, 11) is 0. The van der Waals surface area contributed by atoms with Crippen molar-refractivity contribution in [2.24, 2.45) is 0 Å². The Morgan fingerprint density at radius 2 is 1.89 bits per heavy atom. The second-order valence-corrected chi connectivity index (χ2v) is 10.5. The molecule has 3 heterocycles. The highest BCUT2D eigenvalue weighted by Gasteiger charge is 2.27. The number of likely N-dealkylation sites (tertiary alicyclic amines) is 1. The average molecular weight is 500 g/mol. The topological polar surface area (TPSA) is 80.1 Å². The molecule has 1 N–H and O–H groups in total. The van der Waals surface area contributed by atoms with E-state index >= 15 is 0 Å². The van der Waals surface area contributed by atoms with Crippen LogP contribution in [0.3, 0.4) is 0 Å². The summed E-state index contributed by atoms with van der Waals surface area (Å²) in [6.45, 7) is 6.46. The minimum Gasteiger partial charge on any atom is -0.351 e. The fourth-order valence-corrected chi connectivity index (χ4v) is 5.38. The maximum atomic E-state index is 13.4. The first kappa shape index (κ1) is 24.2. The molecule has 2 atom stereocenters. The van der Waals surface area contributed by atoms with Gasteiger partial charge in [0.25, 0.3) is 5.56 Å². The molecule has 2 aromatic carbocycles. The van der Waals surface area contributed by atoms with E-state index in [1.165, 1.54) is 21.9 Å². The lowest BCUT2D eigenvalue weighted by molar-refractivity contribution is -0.120. The van der Waals surface area contributed by atoms with Gasteiger partial charge in [-0.25, -0.2) is 14.5 Å². The van der Waals surface area contributed by atoms with Crippen LogP contribution in [0.2, 0.25) is 0 Å². The van der Waals surface area contributed by atoms with Gasteiger partial charge < -0.3 is 5.32 Å². The van der Waals surface area contributed by atoms with Gasteiger partial charge in [0.2, 0.25) is 5.91 Å². The monoisotopic (exact) mass is 499 g/mol. The molecule has 1 amide bonds. The van der Waals surface area contributed by atoms with Crippen molar-refractivity contribution in [3.8, 4) is 5.82 Å². The smallest absolute Gasteiger partial charge is 0.267 e. The lowest BCUT2D eigenvalue weighted by Crippen LogP contribution is -2.41. The highest BCUT2D eigenvalue weighted by molar-refractivity contribution is 8.00. The van der Waals surface area contributed by atoms with Gasteiger partial charge in [-0.3, -0.25) is 14.5 Å². The van der Waals surface area contributed by atoms with Crippen LogP contribution in [-0.4, -0.2) is 49.7 Å². The Morgan fingerprint density at radius 3 is 2.67 bits per heavy atom. The predicted octanol–water partition coefficient (Wildman–Crippen LogP) is 3.96. The second-order valence-electron chi connectivity index (χ2n) is 9.22. The third-order valence-electron chi connectivity index (χ3n) is 6.39. The zero-order chi connectivity index (χ0) is 25.1. The van der Waals surface area contributed by atoms with Crippen LogP contribution in [0.4, 0.5) is 0 Å². The molecular weight excluding hydrogens is 470 g/mol.